The number of carboxylic acid groups (broad SMARTS) is 1. The fourth-order valence-electron chi connectivity index (χ4n) is 1.92. The summed E-state index contributed by atoms with van der Waals surface area (Å²) in [5, 5.41) is 9.14. The minimum Gasteiger partial charge on any atom is -0.480 e. The Morgan fingerprint density at radius 1 is 1.37 bits per heavy atom. The summed E-state index contributed by atoms with van der Waals surface area (Å²) in [4.78, 5) is 28.6. The highest BCUT2D eigenvalue weighted by molar-refractivity contribution is 5.84. The summed E-state index contributed by atoms with van der Waals surface area (Å²) in [6, 6.07) is -0.843. The number of aromatic nitrogens is 1. The second-order valence-electron chi connectivity index (χ2n) is 4.96. The van der Waals surface area contributed by atoms with Gasteiger partial charge in [-0.25, -0.2) is 9.78 Å². The van der Waals surface area contributed by atoms with Gasteiger partial charge < -0.3 is 14.4 Å². The van der Waals surface area contributed by atoms with Crippen molar-refractivity contribution in [3.63, 3.8) is 0 Å². The van der Waals surface area contributed by atoms with Gasteiger partial charge in [-0.15, -0.1) is 0 Å². The van der Waals surface area contributed by atoms with E-state index in [9.17, 15) is 9.59 Å². The first kappa shape index (κ1) is 15.2. The number of amides is 1. The molecule has 0 radical (unpaired) electrons. The van der Waals surface area contributed by atoms with Crippen molar-refractivity contribution < 1.29 is 19.1 Å². The number of aliphatic carboxylic acids is 1. The minimum absolute atomic E-state index is 0.0261. The number of carbonyl (C=O) groups excluding carboxylic acids is 1. The van der Waals surface area contributed by atoms with Crippen molar-refractivity contribution in [2.24, 2.45) is 5.92 Å². The molecule has 1 heterocycles. The van der Waals surface area contributed by atoms with Crippen molar-refractivity contribution in [1.29, 1.82) is 0 Å². The van der Waals surface area contributed by atoms with Gasteiger partial charge in [0.05, 0.1) is 5.69 Å². The molecular weight excluding hydrogens is 248 g/mol. The molecule has 1 aromatic rings. The number of hydrogen-bond acceptors (Lipinski definition) is 4. The fourth-order valence-corrected chi connectivity index (χ4v) is 1.92. The van der Waals surface area contributed by atoms with E-state index in [1.54, 1.807) is 27.7 Å². The Labute approximate surface area is 112 Å². The largest absolute Gasteiger partial charge is 0.480 e. The van der Waals surface area contributed by atoms with Crippen LogP contribution in [0.5, 0.6) is 0 Å². The van der Waals surface area contributed by atoms with Gasteiger partial charge in [-0.05, 0) is 19.8 Å². The number of likely N-dealkylation sites (N-methyl/N-ethyl adjacent to an activating group) is 1. The van der Waals surface area contributed by atoms with Crippen LogP contribution < -0.4 is 0 Å². The SMILES string of the molecule is Cc1nc(CC(=O)N(C)C(C(=O)O)C(C)C)oc1C. The first-order valence-corrected chi connectivity index (χ1v) is 6.15. The van der Waals surface area contributed by atoms with Crippen molar-refractivity contribution in [2.45, 2.75) is 40.2 Å². The van der Waals surface area contributed by atoms with E-state index in [2.05, 4.69) is 4.98 Å². The molecular formula is C13H20N2O4. The molecule has 106 valence electrons. The number of rotatable bonds is 5. The summed E-state index contributed by atoms with van der Waals surface area (Å²) in [5.74, 6) is -0.503. The lowest BCUT2D eigenvalue weighted by Crippen LogP contribution is -2.46. The van der Waals surface area contributed by atoms with Crippen LogP contribution in [0.3, 0.4) is 0 Å². The topological polar surface area (TPSA) is 83.6 Å². The number of carbonyl (C=O) groups is 2. The third-order valence-electron chi connectivity index (χ3n) is 3.07. The Balaban J connectivity index is 2.79. The van der Waals surface area contributed by atoms with E-state index in [0.717, 1.165) is 5.69 Å². The van der Waals surface area contributed by atoms with Crippen LogP contribution in [0.2, 0.25) is 0 Å². The van der Waals surface area contributed by atoms with E-state index >= 15 is 0 Å². The van der Waals surface area contributed by atoms with Crippen molar-refractivity contribution in [3.8, 4) is 0 Å². The normalized spacial score (nSPS) is 12.5. The van der Waals surface area contributed by atoms with Gasteiger partial charge in [-0.3, -0.25) is 4.79 Å². The van der Waals surface area contributed by atoms with Gasteiger partial charge in [-0.1, -0.05) is 13.8 Å². The van der Waals surface area contributed by atoms with Crippen LogP contribution in [0.1, 0.15) is 31.2 Å². The van der Waals surface area contributed by atoms with Crippen LogP contribution in [0.25, 0.3) is 0 Å². The van der Waals surface area contributed by atoms with Crippen molar-refractivity contribution in [1.82, 2.24) is 9.88 Å². The number of aryl methyl sites for hydroxylation is 2. The smallest absolute Gasteiger partial charge is 0.326 e. The average Bonchev–Trinajstić information content (AvgIpc) is 2.56. The monoisotopic (exact) mass is 268 g/mol. The summed E-state index contributed by atoms with van der Waals surface area (Å²) in [6.45, 7) is 7.10. The second-order valence-corrected chi connectivity index (χ2v) is 4.96. The highest BCUT2D eigenvalue weighted by Crippen LogP contribution is 2.13. The molecule has 0 saturated heterocycles. The molecule has 0 saturated carbocycles. The number of carboxylic acids is 1. The maximum atomic E-state index is 12.0. The van der Waals surface area contributed by atoms with Gasteiger partial charge in [0, 0.05) is 7.05 Å². The van der Waals surface area contributed by atoms with Crippen LogP contribution >= 0.6 is 0 Å². The van der Waals surface area contributed by atoms with E-state index in [4.69, 9.17) is 9.52 Å². The van der Waals surface area contributed by atoms with Gasteiger partial charge in [0.25, 0.3) is 0 Å². The molecule has 0 spiro atoms. The molecule has 0 aromatic carbocycles. The minimum atomic E-state index is -1.01. The van der Waals surface area contributed by atoms with Crippen LogP contribution in [0.4, 0.5) is 0 Å². The molecule has 6 nitrogen and oxygen atoms in total. The van der Waals surface area contributed by atoms with Crippen molar-refractivity contribution >= 4 is 11.9 Å². The van der Waals surface area contributed by atoms with E-state index < -0.39 is 12.0 Å². The zero-order chi connectivity index (χ0) is 14.7. The molecule has 0 fully saturated rings. The molecule has 0 aliphatic carbocycles. The van der Waals surface area contributed by atoms with Crippen LogP contribution in [0.15, 0.2) is 4.42 Å². The molecule has 0 aliphatic heterocycles. The van der Waals surface area contributed by atoms with Gasteiger partial charge in [0.15, 0.2) is 0 Å². The maximum absolute atomic E-state index is 12.0. The number of nitrogens with zero attached hydrogens (tertiary/aromatic N) is 2. The van der Waals surface area contributed by atoms with Crippen molar-refractivity contribution in [2.75, 3.05) is 7.05 Å². The molecule has 6 heteroatoms. The molecule has 1 amide bonds. The van der Waals surface area contributed by atoms with Gasteiger partial charge in [-0.2, -0.15) is 0 Å². The summed E-state index contributed by atoms with van der Waals surface area (Å²) in [5.41, 5.74) is 0.740. The van der Waals surface area contributed by atoms with E-state index in [-0.39, 0.29) is 18.2 Å². The lowest BCUT2D eigenvalue weighted by Gasteiger charge is -2.27. The first-order valence-electron chi connectivity index (χ1n) is 6.15. The van der Waals surface area contributed by atoms with E-state index in [1.165, 1.54) is 11.9 Å². The van der Waals surface area contributed by atoms with Gasteiger partial charge in [0.1, 0.15) is 18.2 Å². The molecule has 1 unspecified atom stereocenters. The Kier molecular flexibility index (Phi) is 4.69. The maximum Gasteiger partial charge on any atom is 0.326 e. The molecule has 1 aromatic heterocycles. The van der Waals surface area contributed by atoms with Gasteiger partial charge in [0.2, 0.25) is 11.8 Å². The molecule has 1 atom stereocenters. The molecule has 0 aliphatic rings. The summed E-state index contributed by atoms with van der Waals surface area (Å²) in [7, 11) is 1.49. The lowest BCUT2D eigenvalue weighted by atomic mass is 10.0. The predicted octanol–water partition coefficient (Wildman–Crippen LogP) is 1.40. The molecule has 1 rings (SSSR count). The first-order chi connectivity index (χ1) is 8.73. The second kappa shape index (κ2) is 5.86. The zero-order valence-electron chi connectivity index (χ0n) is 11.9. The van der Waals surface area contributed by atoms with Crippen LogP contribution in [-0.2, 0) is 16.0 Å². The molecule has 1 N–H and O–H groups in total. The Morgan fingerprint density at radius 2 is 1.95 bits per heavy atom. The predicted molar refractivity (Wildman–Crippen MR) is 68.7 cm³/mol. The van der Waals surface area contributed by atoms with E-state index in [1.807, 2.05) is 0 Å². The highest BCUT2D eigenvalue weighted by atomic mass is 16.4. The molecule has 19 heavy (non-hydrogen) atoms. The van der Waals surface area contributed by atoms with Crippen LogP contribution in [-0.4, -0.2) is 40.0 Å². The zero-order valence-corrected chi connectivity index (χ0v) is 11.9. The average molecular weight is 268 g/mol. The summed E-state index contributed by atoms with van der Waals surface area (Å²) >= 11 is 0. The Morgan fingerprint density at radius 3 is 2.32 bits per heavy atom. The Bertz CT molecular complexity index is 459. The standard InChI is InChI=1S/C13H20N2O4/c1-7(2)12(13(17)18)15(5)11(16)6-10-14-8(3)9(4)19-10/h7,12H,6H2,1-5H3,(H,17,18). The highest BCUT2D eigenvalue weighted by Gasteiger charge is 2.30. The third-order valence-corrected chi connectivity index (χ3v) is 3.07. The van der Waals surface area contributed by atoms with Gasteiger partial charge >= 0.3 is 5.97 Å². The van der Waals surface area contributed by atoms with E-state index in [0.29, 0.717) is 11.7 Å². The fraction of sp³-hybridized carbons (Fsp3) is 0.615. The third kappa shape index (κ3) is 3.56. The summed E-state index contributed by atoms with van der Waals surface area (Å²) in [6.07, 6.45) is -0.0261. The quantitative estimate of drug-likeness (QED) is 0.872. The summed E-state index contributed by atoms with van der Waals surface area (Å²) < 4.78 is 5.33. The number of hydrogen-bond donors (Lipinski definition) is 1. The lowest BCUT2D eigenvalue weighted by molar-refractivity contribution is -0.150. The van der Waals surface area contributed by atoms with Crippen molar-refractivity contribution in [3.05, 3.63) is 17.3 Å². The van der Waals surface area contributed by atoms with Crippen LogP contribution in [0, 0.1) is 19.8 Å². The number of oxazole rings is 1. The molecule has 0 bridgehead atoms. The Hall–Kier alpha value is -1.85.